The fourth-order valence-electron chi connectivity index (χ4n) is 2.94. The van der Waals surface area contributed by atoms with Crippen molar-refractivity contribution in [2.24, 2.45) is 11.7 Å². The Morgan fingerprint density at radius 1 is 1.28 bits per heavy atom. The molecule has 0 unspecified atom stereocenters. The van der Waals surface area contributed by atoms with Crippen LogP contribution < -0.4 is 16.0 Å². The number of benzene rings is 1. The van der Waals surface area contributed by atoms with E-state index in [0.717, 1.165) is 28.6 Å². The standard InChI is InChI=1S/C19H21BrN4O/c1-23-19(25)18(24(2)13-7-5-12(20)6-8-13)15-9-14(11-3-4-11)16(21)10-17(15)22/h5-11,21H,3-4,22H2,1-2H3,(H,23,25)/b18-15-,21-16?. The van der Waals surface area contributed by atoms with Gasteiger partial charge >= 0.3 is 0 Å². The molecular weight excluding hydrogens is 380 g/mol. The highest BCUT2D eigenvalue weighted by Gasteiger charge is 2.32. The van der Waals surface area contributed by atoms with Gasteiger partial charge in [-0.15, -0.1) is 0 Å². The first-order chi connectivity index (χ1) is 11.9. The first kappa shape index (κ1) is 17.5. The van der Waals surface area contributed by atoms with E-state index in [0.29, 0.717) is 28.6 Å². The summed E-state index contributed by atoms with van der Waals surface area (Å²) in [5.41, 5.74) is 10.1. The maximum absolute atomic E-state index is 12.6. The maximum atomic E-state index is 12.6. The Morgan fingerprint density at radius 2 is 1.92 bits per heavy atom. The molecule has 4 N–H and O–H groups in total. The smallest absolute Gasteiger partial charge is 0.268 e. The van der Waals surface area contributed by atoms with Gasteiger partial charge in [0.2, 0.25) is 0 Å². The second kappa shape index (κ2) is 6.88. The summed E-state index contributed by atoms with van der Waals surface area (Å²) in [4.78, 5) is 14.5. The van der Waals surface area contributed by atoms with Gasteiger partial charge in [0.1, 0.15) is 5.70 Å². The molecule has 0 heterocycles. The van der Waals surface area contributed by atoms with Gasteiger partial charge in [0.25, 0.3) is 5.91 Å². The highest BCUT2D eigenvalue weighted by atomic mass is 79.9. The fourth-order valence-corrected chi connectivity index (χ4v) is 3.20. The molecule has 1 aromatic rings. The molecule has 0 atom stereocenters. The van der Waals surface area contributed by atoms with Crippen LogP contribution in [0.5, 0.6) is 0 Å². The molecule has 1 amide bonds. The van der Waals surface area contributed by atoms with E-state index >= 15 is 0 Å². The lowest BCUT2D eigenvalue weighted by atomic mass is 9.92. The van der Waals surface area contributed by atoms with Crippen LogP contribution >= 0.6 is 15.9 Å². The highest BCUT2D eigenvalue weighted by Crippen LogP contribution is 2.40. The minimum atomic E-state index is -0.211. The molecule has 1 aromatic carbocycles. The molecule has 130 valence electrons. The van der Waals surface area contributed by atoms with Crippen LogP contribution in [0.25, 0.3) is 0 Å². The average Bonchev–Trinajstić information content (AvgIpc) is 3.42. The molecule has 2 aliphatic rings. The van der Waals surface area contributed by atoms with Gasteiger partial charge in [-0.1, -0.05) is 15.9 Å². The molecule has 5 nitrogen and oxygen atoms in total. The SMILES string of the molecule is CNC(=O)/C(=C1\C=C(C2CC2)C(=N)C=C1N)N(C)c1ccc(Br)cc1. The third kappa shape index (κ3) is 3.54. The van der Waals surface area contributed by atoms with Gasteiger partial charge in [-0.25, -0.2) is 0 Å². The lowest BCUT2D eigenvalue weighted by Gasteiger charge is -2.26. The quantitative estimate of drug-likeness (QED) is 0.679. The number of amides is 1. The molecule has 0 radical (unpaired) electrons. The Morgan fingerprint density at radius 3 is 2.48 bits per heavy atom. The Balaban J connectivity index is 2.12. The highest BCUT2D eigenvalue weighted by molar-refractivity contribution is 9.10. The van der Waals surface area contributed by atoms with E-state index in [1.807, 2.05) is 42.3 Å². The second-order valence-corrected chi connectivity index (χ2v) is 7.18. The third-order valence-electron chi connectivity index (χ3n) is 4.49. The molecule has 1 saturated carbocycles. The van der Waals surface area contributed by atoms with Gasteiger partial charge < -0.3 is 21.4 Å². The Kier molecular flexibility index (Phi) is 4.81. The monoisotopic (exact) mass is 400 g/mol. The molecular formula is C19H21BrN4O. The van der Waals surface area contributed by atoms with Gasteiger partial charge in [0, 0.05) is 35.5 Å². The van der Waals surface area contributed by atoms with E-state index in [2.05, 4.69) is 21.2 Å². The van der Waals surface area contributed by atoms with Crippen LogP contribution in [-0.4, -0.2) is 25.7 Å². The van der Waals surface area contributed by atoms with Gasteiger partial charge in [-0.2, -0.15) is 0 Å². The number of likely N-dealkylation sites (N-methyl/N-ethyl adjacent to an activating group) is 2. The van der Waals surface area contributed by atoms with Crippen molar-refractivity contribution >= 4 is 33.2 Å². The Hall–Kier alpha value is -2.34. The van der Waals surface area contributed by atoms with Gasteiger partial charge in [0.05, 0.1) is 5.71 Å². The lowest BCUT2D eigenvalue weighted by molar-refractivity contribution is -0.117. The fraction of sp³-hybridized carbons (Fsp3) is 0.263. The zero-order valence-electron chi connectivity index (χ0n) is 14.3. The molecule has 0 bridgehead atoms. The number of nitrogens with two attached hydrogens (primary N) is 1. The van der Waals surface area contributed by atoms with E-state index in [9.17, 15) is 4.79 Å². The number of rotatable bonds is 4. The molecule has 0 aromatic heterocycles. The summed E-state index contributed by atoms with van der Waals surface area (Å²) in [7, 11) is 3.45. The Bertz CT molecular complexity index is 816. The van der Waals surface area contributed by atoms with Crippen LogP contribution in [0.4, 0.5) is 5.69 Å². The number of nitrogens with zero attached hydrogens (tertiary/aromatic N) is 1. The van der Waals surface area contributed by atoms with E-state index in [-0.39, 0.29) is 5.91 Å². The molecule has 3 rings (SSSR count). The summed E-state index contributed by atoms with van der Waals surface area (Å²) in [6, 6.07) is 7.73. The molecule has 0 spiro atoms. The van der Waals surface area contributed by atoms with E-state index in [4.69, 9.17) is 11.1 Å². The molecule has 1 fully saturated rings. The molecule has 6 heteroatoms. The lowest BCUT2D eigenvalue weighted by Crippen LogP contribution is -2.33. The number of anilines is 1. The van der Waals surface area contributed by atoms with Crippen molar-refractivity contribution in [2.45, 2.75) is 12.8 Å². The zero-order valence-corrected chi connectivity index (χ0v) is 15.9. The van der Waals surface area contributed by atoms with Crippen molar-refractivity contribution in [3.63, 3.8) is 0 Å². The average molecular weight is 401 g/mol. The van der Waals surface area contributed by atoms with Crippen molar-refractivity contribution in [1.82, 2.24) is 5.32 Å². The van der Waals surface area contributed by atoms with Crippen molar-refractivity contribution < 1.29 is 4.79 Å². The first-order valence-corrected chi connectivity index (χ1v) is 8.95. The number of carbonyl (C=O) groups is 1. The summed E-state index contributed by atoms with van der Waals surface area (Å²) >= 11 is 3.43. The van der Waals surface area contributed by atoms with Crippen LogP contribution in [-0.2, 0) is 4.79 Å². The molecule has 0 saturated heterocycles. The predicted octanol–water partition coefficient (Wildman–Crippen LogP) is 3.10. The summed E-state index contributed by atoms with van der Waals surface area (Å²) < 4.78 is 0.972. The molecule has 25 heavy (non-hydrogen) atoms. The first-order valence-electron chi connectivity index (χ1n) is 8.16. The molecule has 2 aliphatic carbocycles. The number of carbonyl (C=O) groups excluding carboxylic acids is 1. The Labute approximate surface area is 155 Å². The summed E-state index contributed by atoms with van der Waals surface area (Å²) in [5.74, 6) is 0.201. The van der Waals surface area contributed by atoms with Crippen LogP contribution in [0.1, 0.15) is 12.8 Å². The number of hydrogen-bond acceptors (Lipinski definition) is 4. The number of nitrogens with one attached hydrogen (secondary N) is 2. The third-order valence-corrected chi connectivity index (χ3v) is 5.01. The van der Waals surface area contributed by atoms with E-state index in [1.54, 1.807) is 13.1 Å². The van der Waals surface area contributed by atoms with Crippen LogP contribution in [0.3, 0.4) is 0 Å². The van der Waals surface area contributed by atoms with Gasteiger partial charge in [-0.3, -0.25) is 4.79 Å². The van der Waals surface area contributed by atoms with Crippen molar-refractivity contribution in [3.05, 3.63) is 63.4 Å². The predicted molar refractivity (Wildman–Crippen MR) is 104 cm³/mol. The summed E-state index contributed by atoms with van der Waals surface area (Å²) in [5, 5.41) is 10.9. The number of halogens is 1. The minimum absolute atomic E-state index is 0.211. The summed E-state index contributed by atoms with van der Waals surface area (Å²) in [6.07, 6.45) is 5.75. The topological polar surface area (TPSA) is 82.2 Å². The zero-order chi connectivity index (χ0) is 18.1. The normalized spacial score (nSPS) is 19.1. The number of hydrogen-bond donors (Lipinski definition) is 3. The van der Waals surface area contributed by atoms with Gasteiger partial charge in [0.15, 0.2) is 0 Å². The van der Waals surface area contributed by atoms with E-state index < -0.39 is 0 Å². The second-order valence-electron chi connectivity index (χ2n) is 6.26. The van der Waals surface area contributed by atoms with Gasteiger partial charge in [-0.05, 0) is 60.8 Å². The van der Waals surface area contributed by atoms with Crippen molar-refractivity contribution in [2.75, 3.05) is 19.0 Å². The van der Waals surface area contributed by atoms with Crippen LogP contribution in [0.2, 0.25) is 0 Å². The van der Waals surface area contributed by atoms with Crippen LogP contribution in [0, 0.1) is 11.3 Å². The van der Waals surface area contributed by atoms with Crippen molar-refractivity contribution in [3.8, 4) is 0 Å². The van der Waals surface area contributed by atoms with Crippen molar-refractivity contribution in [1.29, 1.82) is 5.41 Å². The molecule has 0 aliphatic heterocycles. The van der Waals surface area contributed by atoms with E-state index in [1.165, 1.54) is 0 Å². The minimum Gasteiger partial charge on any atom is -0.398 e. The van der Waals surface area contributed by atoms with Crippen LogP contribution in [0.15, 0.2) is 63.4 Å². The maximum Gasteiger partial charge on any atom is 0.268 e. The largest absolute Gasteiger partial charge is 0.398 e. The summed E-state index contributed by atoms with van der Waals surface area (Å²) in [6.45, 7) is 0. The number of allylic oxidation sites excluding steroid dienone is 3.